The molecule has 1 amide bonds. The van der Waals surface area contributed by atoms with E-state index >= 15 is 0 Å². The minimum Gasteiger partial charge on any atom is -0.493 e. The van der Waals surface area contributed by atoms with E-state index in [4.69, 9.17) is 4.74 Å². The van der Waals surface area contributed by atoms with Crippen LogP contribution in [0.2, 0.25) is 0 Å². The van der Waals surface area contributed by atoms with Crippen molar-refractivity contribution in [3.63, 3.8) is 0 Å². The fourth-order valence-electron chi connectivity index (χ4n) is 2.19. The number of amides is 1. The van der Waals surface area contributed by atoms with E-state index in [1.54, 1.807) is 0 Å². The lowest BCUT2D eigenvalue weighted by Crippen LogP contribution is -2.26. The van der Waals surface area contributed by atoms with Gasteiger partial charge in [-0.05, 0) is 36.8 Å². The van der Waals surface area contributed by atoms with Gasteiger partial charge in [0.25, 0.3) is 5.91 Å². The molecule has 128 valence electrons. The molecule has 0 fully saturated rings. The van der Waals surface area contributed by atoms with Gasteiger partial charge in [-0.3, -0.25) is 4.79 Å². The summed E-state index contributed by atoms with van der Waals surface area (Å²) >= 11 is 3.44. The Bertz CT molecular complexity index is 725. The van der Waals surface area contributed by atoms with Crippen LogP contribution in [0.1, 0.15) is 28.9 Å². The molecule has 2 aromatic rings. The van der Waals surface area contributed by atoms with Crippen molar-refractivity contribution in [1.29, 1.82) is 0 Å². The Hall–Kier alpha value is -2.15. The lowest BCUT2D eigenvalue weighted by Gasteiger charge is -2.17. The molecule has 0 saturated carbocycles. The summed E-state index contributed by atoms with van der Waals surface area (Å²) in [4.78, 5) is 12.4. The zero-order valence-corrected chi connectivity index (χ0v) is 14.6. The van der Waals surface area contributed by atoms with Crippen molar-refractivity contribution in [3.05, 3.63) is 58.1 Å². The van der Waals surface area contributed by atoms with Crippen LogP contribution in [-0.2, 0) is 0 Å². The average Bonchev–Trinajstić information content (AvgIpc) is 2.54. The van der Waals surface area contributed by atoms with Gasteiger partial charge in [0, 0.05) is 10.0 Å². The standard InChI is InChI=1S/C17H16BrF2NO3/c1-10(12-5-3-4-6-13(12)18)21-16(22)11-7-8-14(24-17(19)20)15(9-11)23-2/h3-10,17H,1-2H3,(H,21,22)/t10-/m1/s1. The minimum atomic E-state index is -2.96. The molecule has 0 aliphatic heterocycles. The number of halogens is 3. The summed E-state index contributed by atoms with van der Waals surface area (Å²) in [5.74, 6) is -0.403. The smallest absolute Gasteiger partial charge is 0.387 e. The number of hydrogen-bond acceptors (Lipinski definition) is 3. The topological polar surface area (TPSA) is 47.6 Å². The van der Waals surface area contributed by atoms with Crippen LogP contribution in [0.4, 0.5) is 8.78 Å². The number of alkyl halides is 2. The second-order valence-corrected chi connectivity index (χ2v) is 5.82. The van der Waals surface area contributed by atoms with Gasteiger partial charge in [-0.15, -0.1) is 0 Å². The minimum absolute atomic E-state index is 0.0662. The van der Waals surface area contributed by atoms with Gasteiger partial charge in [-0.1, -0.05) is 34.1 Å². The first-order valence-corrected chi connectivity index (χ1v) is 7.89. The van der Waals surface area contributed by atoms with Crippen molar-refractivity contribution in [2.45, 2.75) is 19.6 Å². The summed E-state index contributed by atoms with van der Waals surface area (Å²) in [5.41, 5.74) is 1.21. The predicted octanol–water partition coefficient (Wildman–Crippen LogP) is 4.55. The van der Waals surface area contributed by atoms with Gasteiger partial charge in [-0.2, -0.15) is 8.78 Å². The number of carbonyl (C=O) groups is 1. The monoisotopic (exact) mass is 399 g/mol. The Balaban J connectivity index is 2.16. The first-order valence-electron chi connectivity index (χ1n) is 7.10. The molecule has 7 heteroatoms. The average molecular weight is 400 g/mol. The highest BCUT2D eigenvalue weighted by molar-refractivity contribution is 9.10. The number of nitrogens with one attached hydrogen (secondary N) is 1. The molecule has 0 aromatic heterocycles. The van der Waals surface area contributed by atoms with E-state index in [0.29, 0.717) is 0 Å². The maximum atomic E-state index is 12.4. The summed E-state index contributed by atoms with van der Waals surface area (Å²) < 4.78 is 34.9. The van der Waals surface area contributed by atoms with Gasteiger partial charge >= 0.3 is 6.61 Å². The van der Waals surface area contributed by atoms with E-state index in [2.05, 4.69) is 26.0 Å². The highest BCUT2D eigenvalue weighted by Crippen LogP contribution is 2.30. The van der Waals surface area contributed by atoms with Crippen molar-refractivity contribution in [1.82, 2.24) is 5.32 Å². The first-order chi connectivity index (χ1) is 11.4. The van der Waals surface area contributed by atoms with Crippen molar-refractivity contribution < 1.29 is 23.0 Å². The molecule has 0 aliphatic rings. The summed E-state index contributed by atoms with van der Waals surface area (Å²) in [6, 6.07) is 11.4. The molecule has 2 aromatic carbocycles. The van der Waals surface area contributed by atoms with Gasteiger partial charge < -0.3 is 14.8 Å². The van der Waals surface area contributed by atoms with Crippen LogP contribution in [0.5, 0.6) is 11.5 Å². The maximum Gasteiger partial charge on any atom is 0.387 e. The van der Waals surface area contributed by atoms with Gasteiger partial charge in [0.05, 0.1) is 13.2 Å². The molecule has 0 aliphatic carbocycles. The molecule has 0 radical (unpaired) electrons. The van der Waals surface area contributed by atoms with E-state index in [0.717, 1.165) is 10.0 Å². The predicted molar refractivity (Wildman–Crippen MR) is 89.6 cm³/mol. The summed E-state index contributed by atoms with van der Waals surface area (Å²) in [6.45, 7) is -1.11. The number of carbonyl (C=O) groups excluding carboxylic acids is 1. The second-order valence-electron chi connectivity index (χ2n) is 4.96. The fraction of sp³-hybridized carbons (Fsp3) is 0.235. The van der Waals surface area contributed by atoms with Crippen LogP contribution >= 0.6 is 15.9 Å². The Morgan fingerprint density at radius 1 is 1.17 bits per heavy atom. The van der Waals surface area contributed by atoms with Crippen molar-refractivity contribution >= 4 is 21.8 Å². The van der Waals surface area contributed by atoms with Crippen LogP contribution in [0.25, 0.3) is 0 Å². The third-order valence-corrected chi connectivity index (χ3v) is 4.08. The molecule has 24 heavy (non-hydrogen) atoms. The molecule has 1 N–H and O–H groups in total. The fourth-order valence-corrected chi connectivity index (χ4v) is 2.81. The number of rotatable bonds is 6. The van der Waals surface area contributed by atoms with Gasteiger partial charge in [-0.25, -0.2) is 0 Å². The third-order valence-electron chi connectivity index (χ3n) is 3.36. The lowest BCUT2D eigenvalue weighted by atomic mass is 10.1. The highest BCUT2D eigenvalue weighted by atomic mass is 79.9. The van der Waals surface area contributed by atoms with E-state index in [-0.39, 0.29) is 29.0 Å². The molecule has 0 unspecified atom stereocenters. The summed E-state index contributed by atoms with van der Waals surface area (Å²) in [5, 5.41) is 2.85. The number of benzene rings is 2. The lowest BCUT2D eigenvalue weighted by molar-refractivity contribution is -0.0512. The number of hydrogen-bond donors (Lipinski definition) is 1. The first kappa shape index (κ1) is 18.2. The molecular weight excluding hydrogens is 384 g/mol. The second kappa shape index (κ2) is 8.10. The molecule has 0 heterocycles. The SMILES string of the molecule is COc1cc(C(=O)N[C@H](C)c2ccccc2Br)ccc1OC(F)F. The highest BCUT2D eigenvalue weighted by Gasteiger charge is 2.17. The third kappa shape index (κ3) is 4.44. The molecule has 2 rings (SSSR count). The van der Waals surface area contributed by atoms with Crippen LogP contribution in [0.15, 0.2) is 46.9 Å². The zero-order valence-electron chi connectivity index (χ0n) is 13.1. The Morgan fingerprint density at radius 2 is 1.88 bits per heavy atom. The van der Waals surface area contributed by atoms with Crippen LogP contribution in [0, 0.1) is 0 Å². The van der Waals surface area contributed by atoms with E-state index in [1.165, 1.54) is 25.3 Å². The van der Waals surface area contributed by atoms with Gasteiger partial charge in [0.2, 0.25) is 0 Å². The number of methoxy groups -OCH3 is 1. The van der Waals surface area contributed by atoms with Crippen molar-refractivity contribution in [2.75, 3.05) is 7.11 Å². The Kier molecular flexibility index (Phi) is 6.14. The molecule has 0 spiro atoms. The van der Waals surface area contributed by atoms with Crippen molar-refractivity contribution in [3.8, 4) is 11.5 Å². The summed E-state index contributed by atoms with van der Waals surface area (Å²) in [6.07, 6.45) is 0. The van der Waals surface area contributed by atoms with Gasteiger partial charge in [0.1, 0.15) is 0 Å². The van der Waals surface area contributed by atoms with Crippen molar-refractivity contribution in [2.24, 2.45) is 0 Å². The Labute approximate surface area is 146 Å². The maximum absolute atomic E-state index is 12.4. The van der Waals surface area contributed by atoms with E-state index in [1.807, 2.05) is 31.2 Å². The zero-order chi connectivity index (χ0) is 17.7. The quantitative estimate of drug-likeness (QED) is 0.774. The molecule has 1 atom stereocenters. The van der Waals surface area contributed by atoms with Crippen LogP contribution in [-0.4, -0.2) is 19.6 Å². The summed E-state index contributed by atoms with van der Waals surface area (Å²) in [7, 11) is 1.32. The molecule has 0 saturated heterocycles. The molecular formula is C17H16BrF2NO3. The molecule has 0 bridgehead atoms. The van der Waals surface area contributed by atoms with Gasteiger partial charge in [0.15, 0.2) is 11.5 Å². The van der Waals surface area contributed by atoms with E-state index < -0.39 is 6.61 Å². The largest absolute Gasteiger partial charge is 0.493 e. The number of ether oxygens (including phenoxy) is 2. The molecule has 4 nitrogen and oxygen atoms in total. The van der Waals surface area contributed by atoms with Crippen LogP contribution < -0.4 is 14.8 Å². The Morgan fingerprint density at radius 3 is 2.50 bits per heavy atom. The van der Waals surface area contributed by atoms with E-state index in [9.17, 15) is 13.6 Å². The van der Waals surface area contributed by atoms with Crippen LogP contribution in [0.3, 0.4) is 0 Å². The normalized spacial score (nSPS) is 11.9.